The molecule has 3 aliphatic carbocycles. The summed E-state index contributed by atoms with van der Waals surface area (Å²) in [5.74, 6) is 1.69. The molecule has 3 unspecified atom stereocenters. The SMILES string of the molecule is C1=CC[C]([Zr+2][CH]2CCCCCCC/C=C/C3CC=CC32)=C1.[Cl-].[Cl-]. The second kappa shape index (κ2) is 11.9. The van der Waals surface area contributed by atoms with E-state index in [1.807, 2.05) is 3.28 Å². The number of hydrogen-bond acceptors (Lipinski definition) is 0. The molecular weight excluding hydrogens is 402 g/mol. The van der Waals surface area contributed by atoms with Crippen LogP contribution in [0.1, 0.15) is 57.8 Å². The van der Waals surface area contributed by atoms with Crippen LogP contribution in [-0.2, 0) is 23.2 Å². The van der Waals surface area contributed by atoms with E-state index in [9.17, 15) is 0 Å². The molecule has 0 aromatic heterocycles. The van der Waals surface area contributed by atoms with Crippen molar-refractivity contribution in [1.29, 1.82) is 0 Å². The van der Waals surface area contributed by atoms with E-state index in [1.165, 1.54) is 57.8 Å². The van der Waals surface area contributed by atoms with Crippen LogP contribution in [0, 0.1) is 11.8 Å². The quantitative estimate of drug-likeness (QED) is 0.550. The fourth-order valence-electron chi connectivity index (χ4n) is 3.91. The van der Waals surface area contributed by atoms with Crippen LogP contribution in [0.3, 0.4) is 0 Å². The zero-order valence-electron chi connectivity index (χ0n) is 13.9. The average Bonchev–Trinajstić information content (AvgIpc) is 3.13. The molecule has 0 saturated heterocycles. The summed E-state index contributed by atoms with van der Waals surface area (Å²) in [6.45, 7) is 0. The van der Waals surface area contributed by atoms with Gasteiger partial charge in [0.15, 0.2) is 0 Å². The Labute approximate surface area is 166 Å². The number of hydrogen-bond donors (Lipinski definition) is 0. The van der Waals surface area contributed by atoms with E-state index in [-0.39, 0.29) is 24.8 Å². The number of fused-ring (bicyclic) bond motifs is 1. The molecule has 0 N–H and O–H groups in total. The summed E-state index contributed by atoms with van der Waals surface area (Å²) in [4.78, 5) is 0. The fraction of sp³-hybridized carbons (Fsp3) is 0.600. The molecule has 3 atom stereocenters. The molecule has 0 aromatic rings. The normalized spacial score (nSPS) is 31.5. The molecule has 0 nitrogen and oxygen atoms in total. The van der Waals surface area contributed by atoms with Gasteiger partial charge in [-0.15, -0.1) is 0 Å². The predicted molar refractivity (Wildman–Crippen MR) is 87.8 cm³/mol. The number of rotatable bonds is 2. The number of allylic oxidation sites excluding steroid dienone is 8. The summed E-state index contributed by atoms with van der Waals surface area (Å²) in [6.07, 6.45) is 29.8. The van der Waals surface area contributed by atoms with E-state index in [1.54, 1.807) is 0 Å². The Hall–Kier alpha value is 0.423. The van der Waals surface area contributed by atoms with Crippen molar-refractivity contribution in [2.75, 3.05) is 0 Å². The second-order valence-electron chi connectivity index (χ2n) is 6.75. The molecule has 0 aliphatic heterocycles. The van der Waals surface area contributed by atoms with Crippen LogP contribution in [0.25, 0.3) is 0 Å². The van der Waals surface area contributed by atoms with Gasteiger partial charge < -0.3 is 24.8 Å². The summed E-state index contributed by atoms with van der Waals surface area (Å²) in [6, 6.07) is 0. The Kier molecular flexibility index (Phi) is 11.1. The Bertz CT molecular complexity index is 451. The largest absolute Gasteiger partial charge is 1.00 e. The molecule has 0 aromatic carbocycles. The predicted octanol–water partition coefficient (Wildman–Crippen LogP) is 0.202. The maximum Gasteiger partial charge on any atom is -1.00 e. The fourth-order valence-corrected chi connectivity index (χ4v) is 8.35. The van der Waals surface area contributed by atoms with Crippen LogP contribution in [0.5, 0.6) is 0 Å². The van der Waals surface area contributed by atoms with E-state index >= 15 is 0 Å². The van der Waals surface area contributed by atoms with Crippen molar-refractivity contribution in [1.82, 2.24) is 0 Å². The van der Waals surface area contributed by atoms with Crippen LogP contribution in [-0.4, -0.2) is 0 Å². The van der Waals surface area contributed by atoms with Crippen molar-refractivity contribution in [2.45, 2.75) is 61.4 Å². The first-order valence-electron chi connectivity index (χ1n) is 8.89. The molecule has 0 fully saturated rings. The molecule has 0 saturated carbocycles. The van der Waals surface area contributed by atoms with E-state index in [2.05, 4.69) is 42.5 Å². The van der Waals surface area contributed by atoms with Gasteiger partial charge in [-0.25, -0.2) is 0 Å². The first-order chi connectivity index (χ1) is 10.4. The van der Waals surface area contributed by atoms with Gasteiger partial charge in [-0.2, -0.15) is 0 Å². The van der Waals surface area contributed by atoms with Crippen LogP contribution in [0.4, 0.5) is 0 Å². The Morgan fingerprint density at radius 1 is 0.870 bits per heavy atom. The minimum Gasteiger partial charge on any atom is -1.00 e. The zero-order valence-corrected chi connectivity index (χ0v) is 17.9. The van der Waals surface area contributed by atoms with Crippen LogP contribution >= 0.6 is 0 Å². The average molecular weight is 431 g/mol. The van der Waals surface area contributed by atoms with E-state index in [0.29, 0.717) is 0 Å². The second-order valence-corrected chi connectivity index (χ2v) is 10.9. The van der Waals surface area contributed by atoms with E-state index < -0.39 is 23.2 Å². The molecule has 0 amide bonds. The third kappa shape index (κ3) is 6.68. The summed E-state index contributed by atoms with van der Waals surface area (Å²) >= 11 is -0.394. The van der Waals surface area contributed by atoms with Gasteiger partial charge in [-0.1, -0.05) is 0 Å². The first kappa shape index (κ1) is 21.5. The van der Waals surface area contributed by atoms with Gasteiger partial charge in [-0.05, 0) is 0 Å². The van der Waals surface area contributed by atoms with Crippen LogP contribution in [0.15, 0.2) is 45.8 Å². The van der Waals surface area contributed by atoms with Crippen LogP contribution < -0.4 is 24.8 Å². The molecule has 3 rings (SSSR count). The van der Waals surface area contributed by atoms with Gasteiger partial charge in [-0.3, -0.25) is 0 Å². The van der Waals surface area contributed by atoms with Crippen molar-refractivity contribution in [2.24, 2.45) is 11.8 Å². The van der Waals surface area contributed by atoms with Crippen molar-refractivity contribution in [3.63, 3.8) is 0 Å². The van der Waals surface area contributed by atoms with Gasteiger partial charge in [0.25, 0.3) is 0 Å². The summed E-state index contributed by atoms with van der Waals surface area (Å²) in [7, 11) is 0. The van der Waals surface area contributed by atoms with Crippen molar-refractivity contribution >= 4 is 0 Å². The number of halogens is 2. The molecule has 0 radical (unpaired) electrons. The standard InChI is InChI=1S/C15H23.C5H5.2ClH.Zr/c1-2-4-6-8-11-15-13-9-12-14(15)10-7-5-3-1;1-2-4-5-3-1;;;/h7,9-11,13-15H,1-6,8,12H2;1-3H,4H2;2*1H;/q;;;;+2/p-2/b10-7+;;;;. The molecule has 0 spiro atoms. The topological polar surface area (TPSA) is 0 Å². The maximum atomic E-state index is 2.58. The summed E-state index contributed by atoms with van der Waals surface area (Å²) < 4.78 is 2.87. The van der Waals surface area contributed by atoms with Gasteiger partial charge in [0.05, 0.1) is 0 Å². The summed E-state index contributed by atoms with van der Waals surface area (Å²) in [5.41, 5.74) is 0. The molecule has 23 heavy (non-hydrogen) atoms. The van der Waals surface area contributed by atoms with E-state index in [4.69, 9.17) is 0 Å². The van der Waals surface area contributed by atoms with Crippen molar-refractivity contribution in [3.05, 3.63) is 45.8 Å². The molecule has 3 heteroatoms. The zero-order chi connectivity index (χ0) is 14.3. The monoisotopic (exact) mass is 428 g/mol. The summed E-state index contributed by atoms with van der Waals surface area (Å²) in [5, 5.41) is 0. The Morgan fingerprint density at radius 2 is 1.70 bits per heavy atom. The van der Waals surface area contributed by atoms with Crippen molar-refractivity contribution < 1.29 is 48.0 Å². The van der Waals surface area contributed by atoms with Gasteiger partial charge >= 0.3 is 142 Å². The van der Waals surface area contributed by atoms with Crippen molar-refractivity contribution in [3.8, 4) is 0 Å². The molecule has 0 bridgehead atoms. The molecular formula is C20H28Cl2Zr. The van der Waals surface area contributed by atoms with Crippen LogP contribution in [0.2, 0.25) is 3.63 Å². The third-order valence-electron chi connectivity index (χ3n) is 5.14. The minimum atomic E-state index is -0.394. The molecule has 126 valence electrons. The van der Waals surface area contributed by atoms with Gasteiger partial charge in [0.2, 0.25) is 0 Å². The Balaban J connectivity index is 0.00000132. The molecule has 0 heterocycles. The third-order valence-corrected chi connectivity index (χ3v) is 9.53. The maximum absolute atomic E-state index is 2.58. The minimum absolute atomic E-state index is 0. The van der Waals surface area contributed by atoms with E-state index in [0.717, 1.165) is 15.5 Å². The Morgan fingerprint density at radius 3 is 2.52 bits per heavy atom. The molecule has 3 aliphatic rings. The smallest absolute Gasteiger partial charge is 1.00 e. The first-order valence-corrected chi connectivity index (χ1v) is 11.5. The van der Waals surface area contributed by atoms with Gasteiger partial charge in [0, 0.05) is 0 Å². The van der Waals surface area contributed by atoms with Gasteiger partial charge in [0.1, 0.15) is 0 Å².